The van der Waals surface area contributed by atoms with Crippen LogP contribution in [0, 0.1) is 0 Å². The fourth-order valence-electron chi connectivity index (χ4n) is 5.21. The molecule has 3 aromatic carbocycles. The van der Waals surface area contributed by atoms with Gasteiger partial charge in [-0.3, -0.25) is 9.59 Å². The Labute approximate surface area is 239 Å². The molecule has 1 aromatic heterocycles. The normalized spacial score (nSPS) is 15.3. The maximum Gasteiger partial charge on any atom is 0.290 e. The second-order valence-corrected chi connectivity index (χ2v) is 9.86. The van der Waals surface area contributed by atoms with Gasteiger partial charge in [0.05, 0.1) is 18.7 Å². The van der Waals surface area contributed by atoms with Crippen molar-refractivity contribution in [1.29, 1.82) is 0 Å². The molecule has 2 heterocycles. The van der Waals surface area contributed by atoms with Crippen molar-refractivity contribution >= 4 is 22.7 Å². The number of carbonyl (C=O) groups is 2. The maximum absolute atomic E-state index is 14.0. The Morgan fingerprint density at radius 3 is 2.49 bits per heavy atom. The van der Waals surface area contributed by atoms with Gasteiger partial charge in [0.25, 0.3) is 5.91 Å². The monoisotopic (exact) mass is 554 g/mol. The van der Waals surface area contributed by atoms with E-state index in [2.05, 4.69) is 18.7 Å². The molecule has 0 saturated carbocycles. The number of aliphatic hydroxyl groups excluding tert-OH is 1. The molecule has 8 heteroatoms. The van der Waals surface area contributed by atoms with E-state index in [4.69, 9.17) is 13.9 Å². The summed E-state index contributed by atoms with van der Waals surface area (Å²) in [7, 11) is 1.53. The van der Waals surface area contributed by atoms with Gasteiger partial charge in [-0.1, -0.05) is 68.4 Å². The Balaban J connectivity index is 1.52. The minimum Gasteiger partial charge on any atom is -0.503 e. The molecule has 4 aromatic rings. The predicted octanol–water partition coefficient (Wildman–Crippen LogP) is 5.94. The number of aliphatic hydroxyl groups is 1. The second kappa shape index (κ2) is 12.3. The molecule has 1 amide bonds. The summed E-state index contributed by atoms with van der Waals surface area (Å²) >= 11 is 0. The number of likely N-dealkylation sites (N-methyl/N-ethyl adjacent to an activating group) is 1. The Morgan fingerprint density at radius 2 is 1.76 bits per heavy atom. The van der Waals surface area contributed by atoms with Crippen molar-refractivity contribution in [3.05, 3.63) is 107 Å². The molecule has 8 nitrogen and oxygen atoms in total. The SMILES string of the molecule is CCN(CC)CCN1C(=O)C(O)=C(C(=O)c2cc3cccc(OC)c3o2)C1c1cccc(OCc2ccccc2)c1. The average Bonchev–Trinajstić information content (AvgIpc) is 3.56. The quantitative estimate of drug-likeness (QED) is 0.217. The van der Waals surface area contributed by atoms with Crippen molar-refractivity contribution in [2.24, 2.45) is 0 Å². The van der Waals surface area contributed by atoms with Crippen LogP contribution in [0.5, 0.6) is 11.5 Å². The van der Waals surface area contributed by atoms with Crippen LogP contribution in [0.3, 0.4) is 0 Å². The lowest BCUT2D eigenvalue weighted by molar-refractivity contribution is -0.129. The Bertz CT molecular complexity index is 1570. The van der Waals surface area contributed by atoms with Crippen LogP contribution < -0.4 is 9.47 Å². The van der Waals surface area contributed by atoms with Crippen LogP contribution in [0.4, 0.5) is 0 Å². The highest BCUT2D eigenvalue weighted by molar-refractivity contribution is 6.16. The lowest BCUT2D eigenvalue weighted by Gasteiger charge is -2.29. The summed E-state index contributed by atoms with van der Waals surface area (Å²) in [4.78, 5) is 31.2. The van der Waals surface area contributed by atoms with Gasteiger partial charge in [-0.2, -0.15) is 0 Å². The average molecular weight is 555 g/mol. The van der Waals surface area contributed by atoms with Gasteiger partial charge >= 0.3 is 0 Å². The molecule has 0 fully saturated rings. The fourth-order valence-corrected chi connectivity index (χ4v) is 5.21. The van der Waals surface area contributed by atoms with Crippen LogP contribution in [0.15, 0.2) is 94.6 Å². The number of methoxy groups -OCH3 is 1. The van der Waals surface area contributed by atoms with E-state index in [0.29, 0.717) is 47.7 Å². The van der Waals surface area contributed by atoms with Crippen molar-refractivity contribution in [3.8, 4) is 11.5 Å². The molecule has 0 radical (unpaired) electrons. The molecule has 1 aliphatic heterocycles. The van der Waals surface area contributed by atoms with Crippen molar-refractivity contribution in [2.45, 2.75) is 26.5 Å². The number of Topliss-reactive ketones (excluding diaryl/α,β-unsaturated/α-hetero) is 1. The summed E-state index contributed by atoms with van der Waals surface area (Å²) in [5, 5.41) is 11.8. The lowest BCUT2D eigenvalue weighted by Crippen LogP contribution is -2.38. The van der Waals surface area contributed by atoms with Gasteiger partial charge in [0.1, 0.15) is 12.4 Å². The van der Waals surface area contributed by atoms with Crippen molar-refractivity contribution in [2.75, 3.05) is 33.3 Å². The summed E-state index contributed by atoms with van der Waals surface area (Å²) in [5.41, 5.74) is 2.08. The number of rotatable bonds is 12. The van der Waals surface area contributed by atoms with E-state index < -0.39 is 23.5 Å². The third-order valence-electron chi connectivity index (χ3n) is 7.47. The number of fused-ring (bicyclic) bond motifs is 1. The molecule has 1 aliphatic rings. The first-order valence-corrected chi connectivity index (χ1v) is 13.8. The molecule has 1 N–H and O–H groups in total. The van der Waals surface area contributed by atoms with E-state index in [9.17, 15) is 14.7 Å². The van der Waals surface area contributed by atoms with E-state index in [-0.39, 0.29) is 11.3 Å². The third kappa shape index (κ3) is 5.69. The summed E-state index contributed by atoms with van der Waals surface area (Å²) < 4.78 is 17.4. The zero-order valence-electron chi connectivity index (χ0n) is 23.5. The van der Waals surface area contributed by atoms with Gasteiger partial charge in [-0.05, 0) is 48.5 Å². The second-order valence-electron chi connectivity index (χ2n) is 9.86. The Kier molecular flexibility index (Phi) is 8.40. The Hall–Kier alpha value is -4.56. The first-order valence-electron chi connectivity index (χ1n) is 13.8. The van der Waals surface area contributed by atoms with Crippen LogP contribution in [0.1, 0.15) is 41.6 Å². The van der Waals surface area contributed by atoms with Gasteiger partial charge in [-0.15, -0.1) is 0 Å². The molecule has 41 heavy (non-hydrogen) atoms. The number of para-hydroxylation sites is 1. The zero-order valence-corrected chi connectivity index (χ0v) is 23.5. The number of amides is 1. The molecule has 0 spiro atoms. The first-order chi connectivity index (χ1) is 19.9. The van der Waals surface area contributed by atoms with E-state index in [1.165, 1.54) is 7.11 Å². The van der Waals surface area contributed by atoms with Crippen molar-refractivity contribution < 1.29 is 28.6 Å². The zero-order chi connectivity index (χ0) is 28.9. The van der Waals surface area contributed by atoms with E-state index in [0.717, 1.165) is 18.7 Å². The van der Waals surface area contributed by atoms with E-state index in [1.807, 2.05) is 60.7 Å². The van der Waals surface area contributed by atoms with Crippen molar-refractivity contribution in [1.82, 2.24) is 9.80 Å². The molecule has 0 aliphatic carbocycles. The summed E-state index contributed by atoms with van der Waals surface area (Å²) in [6.07, 6.45) is 0. The van der Waals surface area contributed by atoms with Gasteiger partial charge in [0.2, 0.25) is 5.78 Å². The van der Waals surface area contributed by atoms with Crippen LogP contribution >= 0.6 is 0 Å². The molecule has 1 unspecified atom stereocenters. The number of hydrogen-bond acceptors (Lipinski definition) is 7. The number of benzene rings is 3. The van der Waals surface area contributed by atoms with E-state index >= 15 is 0 Å². The number of nitrogens with zero attached hydrogens (tertiary/aromatic N) is 2. The highest BCUT2D eigenvalue weighted by Crippen LogP contribution is 2.41. The minimum absolute atomic E-state index is 0.0194. The highest BCUT2D eigenvalue weighted by atomic mass is 16.5. The molecule has 1 atom stereocenters. The van der Waals surface area contributed by atoms with Gasteiger partial charge in [0, 0.05) is 18.5 Å². The highest BCUT2D eigenvalue weighted by Gasteiger charge is 2.44. The largest absolute Gasteiger partial charge is 0.503 e. The summed E-state index contributed by atoms with van der Waals surface area (Å²) in [6, 6.07) is 23.3. The number of ether oxygens (including phenoxy) is 2. The molecule has 0 bridgehead atoms. The third-order valence-corrected chi connectivity index (χ3v) is 7.47. The van der Waals surface area contributed by atoms with Gasteiger partial charge < -0.3 is 28.8 Å². The molecular weight excluding hydrogens is 520 g/mol. The van der Waals surface area contributed by atoms with Gasteiger partial charge in [0.15, 0.2) is 22.9 Å². The first kappa shape index (κ1) is 28.0. The molecule has 0 saturated heterocycles. The van der Waals surface area contributed by atoms with Gasteiger partial charge in [-0.25, -0.2) is 0 Å². The van der Waals surface area contributed by atoms with Crippen molar-refractivity contribution in [3.63, 3.8) is 0 Å². The summed E-state index contributed by atoms with van der Waals surface area (Å²) in [6.45, 7) is 7.04. The number of hydrogen-bond donors (Lipinski definition) is 1. The Morgan fingerprint density at radius 1 is 1.00 bits per heavy atom. The lowest BCUT2D eigenvalue weighted by atomic mass is 9.94. The van der Waals surface area contributed by atoms with Crippen LogP contribution in [-0.2, 0) is 11.4 Å². The molecule has 212 valence electrons. The molecular formula is C33H34N2O6. The standard InChI is InChI=1S/C33H34N2O6/c1-4-34(5-2)17-18-35-29(23-13-9-15-25(19-23)40-21-22-11-7-6-8-12-22)28(31(37)33(35)38)30(36)27-20-24-14-10-16-26(39-3)32(24)41-27/h6-16,19-20,29,37H,4-5,17-18,21H2,1-3H3. The number of carbonyl (C=O) groups excluding carboxylic acids is 2. The smallest absolute Gasteiger partial charge is 0.290 e. The summed E-state index contributed by atoms with van der Waals surface area (Å²) in [5.74, 6) is -0.611. The van der Waals surface area contributed by atoms with E-state index in [1.54, 1.807) is 23.1 Å². The fraction of sp³-hybridized carbons (Fsp3) is 0.273. The predicted molar refractivity (Wildman–Crippen MR) is 156 cm³/mol. The maximum atomic E-state index is 14.0. The topological polar surface area (TPSA) is 92.5 Å². The van der Waals surface area contributed by atoms with Crippen LogP contribution in [0.25, 0.3) is 11.0 Å². The minimum atomic E-state index is -0.819. The number of furan rings is 1. The van der Waals surface area contributed by atoms with Crippen LogP contribution in [-0.4, -0.2) is 59.9 Å². The van der Waals surface area contributed by atoms with Crippen LogP contribution in [0.2, 0.25) is 0 Å². The molecule has 5 rings (SSSR count). The number of ketones is 1.